The van der Waals surface area contributed by atoms with Crippen molar-refractivity contribution < 1.29 is 17.6 Å². The van der Waals surface area contributed by atoms with E-state index in [0.717, 1.165) is 0 Å². The molecule has 0 radical (unpaired) electrons. The van der Waals surface area contributed by atoms with Gasteiger partial charge in [-0.05, 0) is 29.8 Å². The monoisotopic (exact) mass is 368 g/mol. The Labute approximate surface area is 152 Å². The summed E-state index contributed by atoms with van der Waals surface area (Å²) in [5.41, 5.74) is 0.836. The third-order valence-corrected chi connectivity index (χ3v) is 6.27. The van der Waals surface area contributed by atoms with Gasteiger partial charge in [-0.1, -0.05) is 60.7 Å². The predicted molar refractivity (Wildman–Crippen MR) is 98.2 cm³/mol. The average Bonchev–Trinajstić information content (AvgIpc) is 2.68. The maximum atomic E-state index is 13.3. The molecule has 3 aromatic carbocycles. The molecule has 1 atom stereocenters. The number of rotatable bonds is 6. The minimum atomic E-state index is -3.81. The SMILES string of the molecule is O=C(C[C@H](c1ccc(F)cc1)S(=O)(=O)c1ccccc1)c1ccccc1. The molecule has 132 valence electrons. The highest BCUT2D eigenvalue weighted by atomic mass is 32.2. The summed E-state index contributed by atoms with van der Waals surface area (Å²) in [6, 6.07) is 21.8. The molecule has 3 nitrogen and oxygen atoms in total. The number of carbonyl (C=O) groups is 1. The van der Waals surface area contributed by atoms with Crippen molar-refractivity contribution in [2.75, 3.05) is 0 Å². The first-order valence-electron chi connectivity index (χ1n) is 8.11. The number of sulfone groups is 1. The molecule has 0 saturated carbocycles. The average molecular weight is 368 g/mol. The zero-order valence-electron chi connectivity index (χ0n) is 13.9. The van der Waals surface area contributed by atoms with Gasteiger partial charge in [0.2, 0.25) is 0 Å². The fourth-order valence-electron chi connectivity index (χ4n) is 2.77. The Bertz CT molecular complexity index is 982. The van der Waals surface area contributed by atoms with Crippen LogP contribution in [0.15, 0.2) is 89.8 Å². The summed E-state index contributed by atoms with van der Waals surface area (Å²) >= 11 is 0. The van der Waals surface area contributed by atoms with Crippen LogP contribution in [-0.4, -0.2) is 14.2 Å². The Kier molecular flexibility index (Phi) is 5.28. The van der Waals surface area contributed by atoms with Gasteiger partial charge in [-0.2, -0.15) is 0 Å². The lowest BCUT2D eigenvalue weighted by Crippen LogP contribution is -2.18. The number of Topliss-reactive ketones (excluding diaryl/α,β-unsaturated/α-hetero) is 1. The van der Waals surface area contributed by atoms with Crippen molar-refractivity contribution in [1.82, 2.24) is 0 Å². The fraction of sp³-hybridized carbons (Fsp3) is 0.0952. The molecule has 0 fully saturated rings. The van der Waals surface area contributed by atoms with E-state index in [1.807, 2.05) is 0 Å². The van der Waals surface area contributed by atoms with Gasteiger partial charge in [0.25, 0.3) is 0 Å². The number of ketones is 1. The lowest BCUT2D eigenvalue weighted by molar-refractivity contribution is 0.0980. The van der Waals surface area contributed by atoms with E-state index in [0.29, 0.717) is 11.1 Å². The molecule has 0 aliphatic heterocycles. The van der Waals surface area contributed by atoms with E-state index in [1.54, 1.807) is 48.5 Å². The quantitative estimate of drug-likeness (QED) is 0.597. The highest BCUT2D eigenvalue weighted by Crippen LogP contribution is 2.33. The van der Waals surface area contributed by atoms with Gasteiger partial charge in [0.1, 0.15) is 5.82 Å². The normalized spacial score (nSPS) is 12.5. The maximum Gasteiger partial charge on any atom is 0.185 e. The molecule has 0 aromatic heterocycles. The number of carbonyl (C=O) groups excluding carboxylic acids is 1. The van der Waals surface area contributed by atoms with Crippen molar-refractivity contribution in [2.24, 2.45) is 0 Å². The highest BCUT2D eigenvalue weighted by molar-refractivity contribution is 7.91. The molecule has 0 aliphatic carbocycles. The summed E-state index contributed by atoms with van der Waals surface area (Å²) in [6.07, 6.45) is -0.215. The van der Waals surface area contributed by atoms with Crippen molar-refractivity contribution in [1.29, 1.82) is 0 Å². The third kappa shape index (κ3) is 3.89. The van der Waals surface area contributed by atoms with Crippen LogP contribution in [0.1, 0.15) is 27.6 Å². The van der Waals surface area contributed by atoms with Gasteiger partial charge in [0.05, 0.1) is 10.1 Å². The first kappa shape index (κ1) is 18.0. The van der Waals surface area contributed by atoms with Crippen LogP contribution < -0.4 is 0 Å². The van der Waals surface area contributed by atoms with Crippen LogP contribution in [0.5, 0.6) is 0 Å². The number of hydrogen-bond acceptors (Lipinski definition) is 3. The first-order chi connectivity index (χ1) is 12.5. The van der Waals surface area contributed by atoms with E-state index in [9.17, 15) is 17.6 Å². The molecule has 0 saturated heterocycles. The van der Waals surface area contributed by atoms with Gasteiger partial charge in [-0.15, -0.1) is 0 Å². The number of halogens is 1. The van der Waals surface area contributed by atoms with Crippen molar-refractivity contribution in [3.8, 4) is 0 Å². The minimum absolute atomic E-state index is 0.134. The lowest BCUT2D eigenvalue weighted by atomic mass is 10.0. The third-order valence-electron chi connectivity index (χ3n) is 4.15. The van der Waals surface area contributed by atoms with E-state index < -0.39 is 20.9 Å². The van der Waals surface area contributed by atoms with Crippen LogP contribution >= 0.6 is 0 Å². The topological polar surface area (TPSA) is 51.2 Å². The summed E-state index contributed by atoms with van der Waals surface area (Å²) in [5.74, 6) is -0.738. The van der Waals surface area contributed by atoms with Crippen molar-refractivity contribution in [3.63, 3.8) is 0 Å². The van der Waals surface area contributed by atoms with Crippen molar-refractivity contribution in [3.05, 3.63) is 102 Å². The second-order valence-corrected chi connectivity index (χ2v) is 8.02. The summed E-state index contributed by atoms with van der Waals surface area (Å²) in [6.45, 7) is 0. The molecule has 5 heteroatoms. The smallest absolute Gasteiger partial charge is 0.185 e. The summed E-state index contributed by atoms with van der Waals surface area (Å²) in [4.78, 5) is 12.8. The van der Waals surface area contributed by atoms with Crippen LogP contribution in [0.4, 0.5) is 4.39 Å². The largest absolute Gasteiger partial charge is 0.294 e. The molecular formula is C21H17FO3S. The molecule has 0 heterocycles. The van der Waals surface area contributed by atoms with E-state index in [2.05, 4.69) is 0 Å². The Morgan fingerprint density at radius 2 is 1.35 bits per heavy atom. The predicted octanol–water partition coefficient (Wildman–Crippen LogP) is 4.61. The number of hydrogen-bond donors (Lipinski definition) is 0. The highest BCUT2D eigenvalue weighted by Gasteiger charge is 2.31. The van der Waals surface area contributed by atoms with Gasteiger partial charge in [-0.25, -0.2) is 12.8 Å². The van der Waals surface area contributed by atoms with E-state index in [4.69, 9.17) is 0 Å². The molecule has 0 amide bonds. The molecule has 26 heavy (non-hydrogen) atoms. The molecule has 0 unspecified atom stereocenters. The zero-order valence-corrected chi connectivity index (χ0v) is 14.7. The van der Waals surface area contributed by atoms with E-state index in [1.165, 1.54) is 36.4 Å². The van der Waals surface area contributed by atoms with E-state index in [-0.39, 0.29) is 17.1 Å². The summed E-state index contributed by atoms with van der Waals surface area (Å²) in [7, 11) is -3.81. The first-order valence-corrected chi connectivity index (χ1v) is 9.66. The van der Waals surface area contributed by atoms with E-state index >= 15 is 0 Å². The maximum absolute atomic E-state index is 13.3. The molecule has 0 spiro atoms. The molecule has 3 rings (SSSR count). The minimum Gasteiger partial charge on any atom is -0.294 e. The van der Waals surface area contributed by atoms with Crippen LogP contribution in [0.25, 0.3) is 0 Å². The van der Waals surface area contributed by atoms with Crippen LogP contribution in [0.3, 0.4) is 0 Å². The summed E-state index contributed by atoms with van der Waals surface area (Å²) in [5, 5.41) is -1.08. The standard InChI is InChI=1S/C21H17FO3S/c22-18-13-11-17(12-14-18)21(15-20(23)16-7-3-1-4-8-16)26(24,25)19-9-5-2-6-10-19/h1-14,21H,15H2/t21-/m1/s1. The molecule has 0 aliphatic rings. The number of benzene rings is 3. The fourth-order valence-corrected chi connectivity index (χ4v) is 4.52. The van der Waals surface area contributed by atoms with Gasteiger partial charge in [-0.3, -0.25) is 4.79 Å². The Hall–Kier alpha value is -2.79. The van der Waals surface area contributed by atoms with Crippen LogP contribution in [-0.2, 0) is 9.84 Å². The second-order valence-electron chi connectivity index (χ2n) is 5.89. The van der Waals surface area contributed by atoms with Gasteiger partial charge < -0.3 is 0 Å². The second kappa shape index (κ2) is 7.62. The zero-order chi connectivity index (χ0) is 18.6. The van der Waals surface area contributed by atoms with Crippen LogP contribution in [0, 0.1) is 5.82 Å². The lowest BCUT2D eigenvalue weighted by Gasteiger charge is -2.18. The Morgan fingerprint density at radius 1 is 0.808 bits per heavy atom. The van der Waals surface area contributed by atoms with Crippen LogP contribution in [0.2, 0.25) is 0 Å². The Balaban J connectivity index is 2.02. The van der Waals surface area contributed by atoms with Gasteiger partial charge in [0.15, 0.2) is 15.6 Å². The van der Waals surface area contributed by atoms with Gasteiger partial charge >= 0.3 is 0 Å². The summed E-state index contributed by atoms with van der Waals surface area (Å²) < 4.78 is 39.6. The Morgan fingerprint density at radius 3 is 1.92 bits per heavy atom. The van der Waals surface area contributed by atoms with Crippen molar-refractivity contribution in [2.45, 2.75) is 16.6 Å². The molecule has 3 aromatic rings. The molecule has 0 N–H and O–H groups in total. The molecule has 0 bridgehead atoms. The van der Waals surface area contributed by atoms with Crippen molar-refractivity contribution >= 4 is 15.6 Å². The molecular weight excluding hydrogens is 351 g/mol. The van der Waals surface area contributed by atoms with Gasteiger partial charge in [0, 0.05) is 12.0 Å².